The first-order valence-corrected chi connectivity index (χ1v) is 7.45. The van der Waals surface area contributed by atoms with Gasteiger partial charge in [-0.15, -0.1) is 0 Å². The van der Waals surface area contributed by atoms with Crippen molar-refractivity contribution in [2.45, 2.75) is 23.8 Å². The smallest absolute Gasteiger partial charge is 0.240 e. The normalized spacial score (nSPS) is 15.6. The van der Waals surface area contributed by atoms with E-state index in [9.17, 15) is 8.42 Å². The van der Waals surface area contributed by atoms with Gasteiger partial charge >= 0.3 is 0 Å². The summed E-state index contributed by atoms with van der Waals surface area (Å²) < 4.78 is 28.5. The molecule has 1 saturated carbocycles. The van der Waals surface area contributed by atoms with E-state index in [0.717, 1.165) is 12.8 Å². The molecule has 0 unspecified atom stereocenters. The lowest BCUT2D eigenvalue weighted by atomic mass is 10.2. The van der Waals surface area contributed by atoms with Crippen molar-refractivity contribution < 1.29 is 8.42 Å². The third kappa shape index (κ3) is 2.47. The summed E-state index contributed by atoms with van der Waals surface area (Å²) in [5.74, 6) is 0. The van der Waals surface area contributed by atoms with Gasteiger partial charge in [0.2, 0.25) is 10.0 Å². The Labute approximate surface area is 111 Å². The number of hydrogen-bond donors (Lipinski definition) is 2. The van der Waals surface area contributed by atoms with Crippen LogP contribution in [0.5, 0.6) is 0 Å². The number of nitrogen functional groups attached to an aromatic ring is 1. The number of anilines is 1. The Balaban J connectivity index is 1.95. The zero-order chi connectivity index (χ0) is 13.5. The highest BCUT2D eigenvalue weighted by molar-refractivity contribution is 7.89. The van der Waals surface area contributed by atoms with Crippen molar-refractivity contribution in [3.63, 3.8) is 0 Å². The number of nitrogens with zero attached hydrogens (tertiary/aromatic N) is 2. The Morgan fingerprint density at radius 2 is 2.16 bits per heavy atom. The van der Waals surface area contributed by atoms with Crippen LogP contribution in [-0.2, 0) is 10.0 Å². The molecule has 0 bridgehead atoms. The van der Waals surface area contributed by atoms with Crippen molar-refractivity contribution in [2.24, 2.45) is 0 Å². The predicted octanol–water partition coefficient (Wildman–Crippen LogP) is 0.895. The first-order valence-electron chi connectivity index (χ1n) is 5.96. The quantitative estimate of drug-likeness (QED) is 0.813. The van der Waals surface area contributed by atoms with Gasteiger partial charge in [-0.05, 0) is 31.0 Å². The summed E-state index contributed by atoms with van der Waals surface area (Å²) in [5.41, 5.74) is 7.03. The van der Waals surface area contributed by atoms with E-state index >= 15 is 0 Å². The molecule has 0 spiro atoms. The van der Waals surface area contributed by atoms with E-state index in [-0.39, 0.29) is 10.9 Å². The van der Waals surface area contributed by atoms with Crippen LogP contribution < -0.4 is 10.5 Å². The van der Waals surface area contributed by atoms with Crippen molar-refractivity contribution in [2.75, 3.05) is 5.73 Å². The van der Waals surface area contributed by atoms with E-state index in [0.29, 0.717) is 11.4 Å². The average Bonchev–Trinajstić information content (AvgIpc) is 3.00. The van der Waals surface area contributed by atoms with Crippen LogP contribution in [-0.4, -0.2) is 24.0 Å². The largest absolute Gasteiger partial charge is 0.397 e. The van der Waals surface area contributed by atoms with Crippen LogP contribution in [0.1, 0.15) is 12.8 Å². The van der Waals surface area contributed by atoms with Crippen LogP contribution in [0, 0.1) is 0 Å². The lowest BCUT2D eigenvalue weighted by molar-refractivity contribution is 0.581. The summed E-state index contributed by atoms with van der Waals surface area (Å²) in [5, 5.41) is 0. The van der Waals surface area contributed by atoms with Gasteiger partial charge in [-0.1, -0.05) is 0 Å². The number of imidazole rings is 1. The molecule has 3 rings (SSSR count). The number of sulfonamides is 1. The summed E-state index contributed by atoms with van der Waals surface area (Å²) >= 11 is 0. The zero-order valence-corrected chi connectivity index (χ0v) is 11.0. The van der Waals surface area contributed by atoms with Crippen molar-refractivity contribution in [3.05, 3.63) is 36.9 Å². The molecule has 1 aliphatic rings. The average molecular weight is 278 g/mol. The van der Waals surface area contributed by atoms with Crippen molar-refractivity contribution in [1.29, 1.82) is 0 Å². The summed E-state index contributed by atoms with van der Waals surface area (Å²) in [6, 6.07) is 4.79. The topological polar surface area (TPSA) is 90.0 Å². The maximum Gasteiger partial charge on any atom is 0.240 e. The number of hydrogen-bond acceptors (Lipinski definition) is 4. The molecule has 1 heterocycles. The minimum Gasteiger partial charge on any atom is -0.397 e. The second kappa shape index (κ2) is 4.36. The maximum atomic E-state index is 12.0. The molecule has 1 aliphatic carbocycles. The maximum absolute atomic E-state index is 12.0. The Kier molecular flexibility index (Phi) is 2.79. The monoisotopic (exact) mass is 278 g/mol. The molecule has 1 aromatic carbocycles. The number of rotatable bonds is 4. The molecule has 2 aromatic rings. The molecule has 3 N–H and O–H groups in total. The summed E-state index contributed by atoms with van der Waals surface area (Å²) in [6.07, 6.45) is 6.81. The molecule has 1 aromatic heterocycles. The highest BCUT2D eigenvalue weighted by Gasteiger charge is 2.28. The lowest BCUT2D eigenvalue weighted by Gasteiger charge is -2.10. The van der Waals surface area contributed by atoms with E-state index in [1.807, 2.05) is 0 Å². The fraction of sp³-hybridized carbons (Fsp3) is 0.250. The highest BCUT2D eigenvalue weighted by atomic mass is 32.2. The molecule has 1 fully saturated rings. The van der Waals surface area contributed by atoms with Crippen LogP contribution in [0.25, 0.3) is 5.69 Å². The second-order valence-corrected chi connectivity index (χ2v) is 6.30. The summed E-state index contributed by atoms with van der Waals surface area (Å²) in [7, 11) is -3.46. The van der Waals surface area contributed by atoms with Crippen LogP contribution in [0.4, 0.5) is 5.69 Å². The fourth-order valence-corrected chi connectivity index (χ4v) is 3.17. The number of aromatic nitrogens is 2. The molecule has 0 radical (unpaired) electrons. The van der Waals surface area contributed by atoms with Gasteiger partial charge in [0.05, 0.1) is 22.6 Å². The van der Waals surface area contributed by atoms with E-state index in [1.165, 1.54) is 6.07 Å². The molecule has 0 amide bonds. The van der Waals surface area contributed by atoms with Gasteiger partial charge in [-0.25, -0.2) is 18.1 Å². The molecular formula is C12H14N4O2S. The number of nitrogens with two attached hydrogens (primary N) is 1. The summed E-state index contributed by atoms with van der Waals surface area (Å²) in [4.78, 5) is 4.13. The Hall–Kier alpha value is -1.86. The molecule has 7 heteroatoms. The Morgan fingerprint density at radius 1 is 1.37 bits per heavy atom. The molecule has 6 nitrogen and oxygen atoms in total. The standard InChI is InChI=1S/C12H14N4O2S/c13-11-7-10(19(17,18)15-9-1-2-9)3-4-12(11)16-6-5-14-8-16/h3-9,15H,1-2,13H2. The molecule has 0 aliphatic heterocycles. The number of nitrogens with one attached hydrogen (secondary N) is 1. The third-order valence-corrected chi connectivity index (χ3v) is 4.51. The predicted molar refractivity (Wildman–Crippen MR) is 71.3 cm³/mol. The van der Waals surface area contributed by atoms with Crippen molar-refractivity contribution >= 4 is 15.7 Å². The first-order chi connectivity index (χ1) is 9.06. The van der Waals surface area contributed by atoms with Gasteiger partial charge in [0, 0.05) is 18.4 Å². The lowest BCUT2D eigenvalue weighted by Crippen LogP contribution is -2.25. The minimum atomic E-state index is -3.46. The van der Waals surface area contributed by atoms with Crippen molar-refractivity contribution in [3.8, 4) is 5.69 Å². The van der Waals surface area contributed by atoms with Gasteiger partial charge in [-0.3, -0.25) is 0 Å². The van der Waals surface area contributed by atoms with Crippen LogP contribution >= 0.6 is 0 Å². The van der Waals surface area contributed by atoms with E-state index in [1.54, 1.807) is 35.4 Å². The van der Waals surface area contributed by atoms with E-state index in [2.05, 4.69) is 9.71 Å². The van der Waals surface area contributed by atoms with Crippen LogP contribution in [0.15, 0.2) is 41.8 Å². The zero-order valence-electron chi connectivity index (χ0n) is 10.2. The van der Waals surface area contributed by atoms with Gasteiger partial charge < -0.3 is 10.3 Å². The third-order valence-electron chi connectivity index (χ3n) is 2.99. The van der Waals surface area contributed by atoms with Crippen molar-refractivity contribution in [1.82, 2.24) is 14.3 Å². The number of benzene rings is 1. The minimum absolute atomic E-state index is 0.0829. The second-order valence-electron chi connectivity index (χ2n) is 4.59. The van der Waals surface area contributed by atoms with Crippen LogP contribution in [0.3, 0.4) is 0 Å². The summed E-state index contributed by atoms with van der Waals surface area (Å²) in [6.45, 7) is 0. The fourth-order valence-electron chi connectivity index (χ4n) is 1.83. The van der Waals surface area contributed by atoms with Gasteiger partial charge in [0.15, 0.2) is 0 Å². The SMILES string of the molecule is Nc1cc(S(=O)(=O)NC2CC2)ccc1-n1ccnc1. The molecule has 0 saturated heterocycles. The molecular weight excluding hydrogens is 264 g/mol. The first kappa shape index (κ1) is 12.2. The van der Waals surface area contributed by atoms with E-state index in [4.69, 9.17) is 5.73 Å². The molecule has 0 atom stereocenters. The molecule has 100 valence electrons. The van der Waals surface area contributed by atoms with Crippen LogP contribution in [0.2, 0.25) is 0 Å². The van der Waals surface area contributed by atoms with E-state index < -0.39 is 10.0 Å². The Morgan fingerprint density at radius 3 is 2.74 bits per heavy atom. The highest BCUT2D eigenvalue weighted by Crippen LogP contribution is 2.25. The van der Waals surface area contributed by atoms with Gasteiger partial charge in [-0.2, -0.15) is 0 Å². The Bertz CT molecular complexity index is 691. The van der Waals surface area contributed by atoms with Gasteiger partial charge in [0.1, 0.15) is 0 Å². The molecule has 19 heavy (non-hydrogen) atoms. The van der Waals surface area contributed by atoms with Gasteiger partial charge in [0.25, 0.3) is 0 Å².